The molecule has 15 heavy (non-hydrogen) atoms. The molecule has 0 aliphatic carbocycles. The van der Waals surface area contributed by atoms with Crippen molar-refractivity contribution in [3.8, 4) is 0 Å². The van der Waals surface area contributed by atoms with E-state index in [1.165, 1.54) is 0 Å². The fourth-order valence-electron chi connectivity index (χ4n) is 0.989. The van der Waals surface area contributed by atoms with Gasteiger partial charge in [0.2, 0.25) is 0 Å². The lowest BCUT2D eigenvalue weighted by molar-refractivity contribution is -0.156. The number of Topliss-reactive ketones (excluding diaryl/α,β-unsaturated/α-hetero) is 1. The summed E-state index contributed by atoms with van der Waals surface area (Å²) in [7, 11) is 0. The van der Waals surface area contributed by atoms with Gasteiger partial charge in [-0.1, -0.05) is 6.92 Å². The Hall–Kier alpha value is -0.900. The highest BCUT2D eigenvalue weighted by Gasteiger charge is 2.22. The van der Waals surface area contributed by atoms with Crippen molar-refractivity contribution in [3.63, 3.8) is 0 Å². The first-order chi connectivity index (χ1) is 6.76. The molecular weight excluding hydrogens is 194 g/mol. The first-order valence-corrected chi connectivity index (χ1v) is 5.26. The van der Waals surface area contributed by atoms with Crippen LogP contribution in [0.15, 0.2) is 0 Å². The molecule has 0 aromatic heterocycles. The van der Waals surface area contributed by atoms with E-state index in [9.17, 15) is 9.59 Å². The summed E-state index contributed by atoms with van der Waals surface area (Å²) in [4.78, 5) is 22.4. The van der Waals surface area contributed by atoms with Gasteiger partial charge in [0.05, 0.1) is 0 Å². The molecule has 4 heteroatoms. The molecule has 0 aliphatic rings. The molecule has 0 aromatic carbocycles. The lowest BCUT2D eigenvalue weighted by atomic mass is 10.1. The van der Waals surface area contributed by atoms with Crippen LogP contribution < -0.4 is 5.73 Å². The normalized spacial score (nSPS) is 13.4. The summed E-state index contributed by atoms with van der Waals surface area (Å²) in [5.41, 5.74) is 5.08. The molecule has 88 valence electrons. The highest BCUT2D eigenvalue weighted by atomic mass is 16.6. The Bertz CT molecular complexity index is 230. The van der Waals surface area contributed by atoms with Crippen molar-refractivity contribution in [1.82, 2.24) is 0 Å². The molecule has 0 unspecified atom stereocenters. The van der Waals surface area contributed by atoms with Crippen LogP contribution in [-0.2, 0) is 14.3 Å². The predicted molar refractivity (Wildman–Crippen MR) is 58.4 cm³/mol. The van der Waals surface area contributed by atoms with Crippen molar-refractivity contribution in [1.29, 1.82) is 0 Å². The van der Waals surface area contributed by atoms with Crippen LogP contribution in [0.3, 0.4) is 0 Å². The van der Waals surface area contributed by atoms with E-state index in [1.54, 1.807) is 27.7 Å². The number of nitrogens with two attached hydrogens (primary N) is 1. The van der Waals surface area contributed by atoms with Gasteiger partial charge in [0.1, 0.15) is 17.4 Å². The van der Waals surface area contributed by atoms with Crippen molar-refractivity contribution >= 4 is 11.8 Å². The van der Waals surface area contributed by atoms with Gasteiger partial charge >= 0.3 is 5.97 Å². The smallest absolute Gasteiger partial charge is 0.323 e. The van der Waals surface area contributed by atoms with E-state index in [-0.39, 0.29) is 5.78 Å². The number of esters is 1. The topological polar surface area (TPSA) is 69.4 Å². The third-order valence-electron chi connectivity index (χ3n) is 1.84. The molecule has 0 saturated carbocycles. The monoisotopic (exact) mass is 215 g/mol. The zero-order valence-electron chi connectivity index (χ0n) is 10.0. The number of ketones is 1. The van der Waals surface area contributed by atoms with E-state index in [1.807, 2.05) is 0 Å². The molecule has 0 amide bonds. The molecular formula is C11H21NO3. The minimum absolute atomic E-state index is 0.119. The molecule has 0 radical (unpaired) electrons. The van der Waals surface area contributed by atoms with Crippen molar-refractivity contribution in [2.45, 2.75) is 58.6 Å². The van der Waals surface area contributed by atoms with Crippen LogP contribution in [0, 0.1) is 0 Å². The lowest BCUT2D eigenvalue weighted by Gasteiger charge is -2.21. The maximum atomic E-state index is 11.4. The molecule has 0 spiro atoms. The molecule has 0 heterocycles. The Morgan fingerprint density at radius 1 is 1.33 bits per heavy atom. The third kappa shape index (κ3) is 7.08. The van der Waals surface area contributed by atoms with Crippen molar-refractivity contribution in [3.05, 3.63) is 0 Å². The minimum Gasteiger partial charge on any atom is -0.459 e. The SMILES string of the molecule is CCC(=O)CC[C@H](N)C(=O)OC(C)(C)C. The Morgan fingerprint density at radius 2 is 1.87 bits per heavy atom. The maximum absolute atomic E-state index is 11.4. The van der Waals surface area contributed by atoms with Gasteiger partial charge < -0.3 is 10.5 Å². The predicted octanol–water partition coefficient (Wildman–Crippen LogP) is 1.41. The van der Waals surface area contributed by atoms with Gasteiger partial charge in [-0.2, -0.15) is 0 Å². The summed E-state index contributed by atoms with van der Waals surface area (Å²) in [5.74, 6) is -0.319. The number of hydrogen-bond donors (Lipinski definition) is 1. The van der Waals surface area contributed by atoms with Crippen LogP contribution in [0.2, 0.25) is 0 Å². The highest BCUT2D eigenvalue weighted by molar-refractivity contribution is 5.80. The van der Waals surface area contributed by atoms with Gasteiger partial charge in [0.15, 0.2) is 0 Å². The number of carbonyl (C=O) groups is 2. The number of carbonyl (C=O) groups excluding carboxylic acids is 2. The van der Waals surface area contributed by atoms with Crippen molar-refractivity contribution in [2.24, 2.45) is 5.73 Å². The van der Waals surface area contributed by atoms with Gasteiger partial charge in [0.25, 0.3) is 0 Å². The zero-order valence-corrected chi connectivity index (χ0v) is 10.0. The summed E-state index contributed by atoms with van der Waals surface area (Å²) in [6.07, 6.45) is 1.19. The second kappa shape index (κ2) is 5.85. The Morgan fingerprint density at radius 3 is 2.27 bits per heavy atom. The fourth-order valence-corrected chi connectivity index (χ4v) is 0.989. The number of hydrogen-bond acceptors (Lipinski definition) is 4. The molecule has 1 atom stereocenters. The van der Waals surface area contributed by atoms with Gasteiger partial charge in [-0.3, -0.25) is 9.59 Å². The third-order valence-corrected chi connectivity index (χ3v) is 1.84. The van der Waals surface area contributed by atoms with E-state index < -0.39 is 17.6 Å². The molecule has 0 aromatic rings. The van der Waals surface area contributed by atoms with Crippen molar-refractivity contribution in [2.75, 3.05) is 0 Å². The van der Waals surface area contributed by atoms with Crippen LogP contribution in [0.4, 0.5) is 0 Å². The number of rotatable bonds is 5. The second-order valence-electron chi connectivity index (χ2n) is 4.57. The Kier molecular flexibility index (Phi) is 5.50. The van der Waals surface area contributed by atoms with Gasteiger partial charge in [0, 0.05) is 12.8 Å². The largest absolute Gasteiger partial charge is 0.459 e. The fraction of sp³-hybridized carbons (Fsp3) is 0.818. The van der Waals surface area contributed by atoms with Crippen LogP contribution in [0.1, 0.15) is 47.0 Å². The summed E-state index contributed by atoms with van der Waals surface area (Å²) in [5, 5.41) is 0. The standard InChI is InChI=1S/C11H21NO3/c1-5-8(13)6-7-9(12)10(14)15-11(2,3)4/h9H,5-7,12H2,1-4H3/t9-/m0/s1. The van der Waals surface area contributed by atoms with Crippen molar-refractivity contribution < 1.29 is 14.3 Å². The lowest BCUT2D eigenvalue weighted by Crippen LogP contribution is -2.37. The van der Waals surface area contributed by atoms with Gasteiger partial charge in [-0.25, -0.2) is 0 Å². The summed E-state index contributed by atoms with van der Waals surface area (Å²) < 4.78 is 5.09. The van der Waals surface area contributed by atoms with E-state index >= 15 is 0 Å². The average Bonchev–Trinajstić information content (AvgIpc) is 2.10. The van der Waals surface area contributed by atoms with Gasteiger partial charge in [-0.05, 0) is 27.2 Å². The zero-order chi connectivity index (χ0) is 12.1. The molecule has 0 saturated heterocycles. The quantitative estimate of drug-likeness (QED) is 0.704. The summed E-state index contributed by atoms with van der Waals surface area (Å²) >= 11 is 0. The molecule has 0 bridgehead atoms. The minimum atomic E-state index is -0.695. The van der Waals surface area contributed by atoms with E-state index in [4.69, 9.17) is 10.5 Å². The summed E-state index contributed by atoms with van der Waals surface area (Å²) in [6, 6.07) is -0.695. The van der Waals surface area contributed by atoms with E-state index in [0.29, 0.717) is 19.3 Å². The van der Waals surface area contributed by atoms with E-state index in [2.05, 4.69) is 0 Å². The summed E-state index contributed by atoms with van der Waals surface area (Å²) in [6.45, 7) is 7.15. The Labute approximate surface area is 91.2 Å². The highest BCUT2D eigenvalue weighted by Crippen LogP contribution is 2.09. The molecule has 0 rings (SSSR count). The molecule has 4 nitrogen and oxygen atoms in total. The number of ether oxygens (including phenoxy) is 1. The van der Waals surface area contributed by atoms with Gasteiger partial charge in [-0.15, -0.1) is 0 Å². The van der Waals surface area contributed by atoms with Crippen LogP contribution in [-0.4, -0.2) is 23.4 Å². The van der Waals surface area contributed by atoms with Crippen LogP contribution in [0.5, 0.6) is 0 Å². The van der Waals surface area contributed by atoms with Crippen LogP contribution >= 0.6 is 0 Å². The second-order valence-corrected chi connectivity index (χ2v) is 4.57. The molecule has 0 aliphatic heterocycles. The first kappa shape index (κ1) is 14.1. The average molecular weight is 215 g/mol. The molecule has 0 fully saturated rings. The first-order valence-electron chi connectivity index (χ1n) is 5.26. The maximum Gasteiger partial charge on any atom is 0.323 e. The molecule has 2 N–H and O–H groups in total. The van der Waals surface area contributed by atoms with E-state index in [0.717, 1.165) is 0 Å². The Balaban J connectivity index is 3.95. The van der Waals surface area contributed by atoms with Crippen LogP contribution in [0.25, 0.3) is 0 Å².